The third-order valence-electron chi connectivity index (χ3n) is 4.06. The highest BCUT2D eigenvalue weighted by Gasteiger charge is 2.34. The van der Waals surface area contributed by atoms with E-state index in [1.807, 2.05) is 6.07 Å². The van der Waals surface area contributed by atoms with Gasteiger partial charge in [-0.1, -0.05) is 25.1 Å². The SMILES string of the molecule is CCS(=O)(=O)c1ccc(O)c(/N=N/C2C(=O)N(c3ccccc3)N=C2C)c1. The average molecular weight is 386 g/mol. The number of hydrogen-bond acceptors (Lipinski definition) is 7. The molecule has 2 aromatic carbocycles. The number of carbonyl (C=O) groups excluding carboxylic acids is 1. The summed E-state index contributed by atoms with van der Waals surface area (Å²) in [5.74, 6) is -0.680. The molecular weight excluding hydrogens is 368 g/mol. The van der Waals surface area contributed by atoms with E-state index in [9.17, 15) is 18.3 Å². The lowest BCUT2D eigenvalue weighted by atomic mass is 10.2. The van der Waals surface area contributed by atoms with Crippen LogP contribution in [0.4, 0.5) is 11.4 Å². The standard InChI is InChI=1S/C18H18N4O4S/c1-3-27(25,26)14-9-10-16(23)15(11-14)19-20-17-12(2)21-22(18(17)24)13-7-5-4-6-8-13/h4-11,17,23H,3H2,1-2H3/b20-19+. The van der Waals surface area contributed by atoms with Gasteiger partial charge in [-0.25, -0.2) is 8.42 Å². The van der Waals surface area contributed by atoms with Gasteiger partial charge in [0.1, 0.15) is 11.4 Å². The van der Waals surface area contributed by atoms with Gasteiger partial charge in [-0.3, -0.25) is 4.79 Å². The number of benzene rings is 2. The first kappa shape index (κ1) is 18.7. The van der Waals surface area contributed by atoms with E-state index >= 15 is 0 Å². The molecule has 1 N–H and O–H groups in total. The van der Waals surface area contributed by atoms with Crippen LogP contribution in [0.1, 0.15) is 13.8 Å². The zero-order valence-corrected chi connectivity index (χ0v) is 15.6. The number of aromatic hydroxyl groups is 1. The summed E-state index contributed by atoms with van der Waals surface area (Å²) in [5.41, 5.74) is 1.03. The predicted molar refractivity (Wildman–Crippen MR) is 101 cm³/mol. The third-order valence-corrected chi connectivity index (χ3v) is 5.80. The molecule has 1 aliphatic rings. The van der Waals surface area contributed by atoms with Crippen LogP contribution >= 0.6 is 0 Å². The summed E-state index contributed by atoms with van der Waals surface area (Å²) in [6.07, 6.45) is 0. The normalized spacial score (nSPS) is 17.6. The van der Waals surface area contributed by atoms with Crippen LogP contribution in [0.5, 0.6) is 5.75 Å². The van der Waals surface area contributed by atoms with Gasteiger partial charge < -0.3 is 5.11 Å². The zero-order chi connectivity index (χ0) is 19.6. The summed E-state index contributed by atoms with van der Waals surface area (Å²) in [6, 6.07) is 11.8. The summed E-state index contributed by atoms with van der Waals surface area (Å²) in [4.78, 5) is 12.6. The minimum Gasteiger partial charge on any atom is -0.506 e. The van der Waals surface area contributed by atoms with Crippen LogP contribution in [0.3, 0.4) is 0 Å². The lowest BCUT2D eigenvalue weighted by Gasteiger charge is -2.11. The fourth-order valence-electron chi connectivity index (χ4n) is 2.51. The maximum absolute atomic E-state index is 12.6. The fraction of sp³-hybridized carbons (Fsp3) is 0.222. The van der Waals surface area contributed by atoms with Crippen molar-refractivity contribution >= 4 is 32.8 Å². The fourth-order valence-corrected chi connectivity index (χ4v) is 3.41. The quantitative estimate of drug-likeness (QED) is 0.796. The number of phenols is 1. The van der Waals surface area contributed by atoms with Gasteiger partial charge in [-0.05, 0) is 37.3 Å². The Balaban J connectivity index is 1.88. The molecule has 9 heteroatoms. The monoisotopic (exact) mass is 386 g/mol. The van der Waals surface area contributed by atoms with Crippen molar-refractivity contribution in [3.05, 3.63) is 48.5 Å². The largest absolute Gasteiger partial charge is 0.506 e. The molecule has 8 nitrogen and oxygen atoms in total. The summed E-state index contributed by atoms with van der Waals surface area (Å²) < 4.78 is 24.0. The summed E-state index contributed by atoms with van der Waals surface area (Å²) in [7, 11) is -3.45. The number of anilines is 1. The molecule has 140 valence electrons. The maximum Gasteiger partial charge on any atom is 0.280 e. The van der Waals surface area contributed by atoms with Crippen molar-refractivity contribution in [3.8, 4) is 5.75 Å². The lowest BCUT2D eigenvalue weighted by molar-refractivity contribution is -0.117. The van der Waals surface area contributed by atoms with E-state index in [-0.39, 0.29) is 28.0 Å². The molecule has 3 rings (SSSR count). The number of hydrogen-bond donors (Lipinski definition) is 1. The van der Waals surface area contributed by atoms with Crippen LogP contribution < -0.4 is 5.01 Å². The maximum atomic E-state index is 12.6. The second-order valence-corrected chi connectivity index (χ2v) is 8.18. The Labute approximate surface area is 156 Å². The van der Waals surface area contributed by atoms with Crippen molar-refractivity contribution in [1.29, 1.82) is 0 Å². The molecule has 0 aliphatic carbocycles. The molecule has 1 unspecified atom stereocenters. The summed E-state index contributed by atoms with van der Waals surface area (Å²) in [6.45, 7) is 3.18. The third kappa shape index (κ3) is 3.72. The second-order valence-electron chi connectivity index (χ2n) is 5.90. The van der Waals surface area contributed by atoms with Crippen molar-refractivity contribution in [2.24, 2.45) is 15.3 Å². The van der Waals surface area contributed by atoms with Crippen molar-refractivity contribution in [2.45, 2.75) is 24.8 Å². The van der Waals surface area contributed by atoms with Crippen LogP contribution in [-0.4, -0.2) is 36.9 Å². The zero-order valence-electron chi connectivity index (χ0n) is 14.8. The van der Waals surface area contributed by atoms with Crippen LogP contribution in [0.2, 0.25) is 0 Å². The van der Waals surface area contributed by atoms with Gasteiger partial charge in [0.05, 0.1) is 22.0 Å². The topological polar surface area (TPSA) is 112 Å². The first-order valence-corrected chi connectivity index (χ1v) is 9.89. The molecule has 0 radical (unpaired) electrons. The molecule has 27 heavy (non-hydrogen) atoms. The van der Waals surface area contributed by atoms with E-state index in [2.05, 4.69) is 15.3 Å². The highest BCUT2D eigenvalue weighted by atomic mass is 32.2. The first-order valence-electron chi connectivity index (χ1n) is 8.24. The van der Waals surface area contributed by atoms with Gasteiger partial charge >= 0.3 is 0 Å². The molecule has 0 aromatic heterocycles. The number of azo groups is 1. The Bertz CT molecular complexity index is 1030. The highest BCUT2D eigenvalue weighted by molar-refractivity contribution is 7.91. The Kier molecular flexibility index (Phi) is 5.04. The number of rotatable bonds is 5. The summed E-state index contributed by atoms with van der Waals surface area (Å²) in [5, 5.41) is 23.3. The number of amides is 1. The molecular formula is C18H18N4O4S. The molecule has 0 saturated heterocycles. The van der Waals surface area contributed by atoms with E-state index in [1.165, 1.54) is 30.1 Å². The Hall–Kier alpha value is -3.07. The molecule has 1 aliphatic heterocycles. The van der Waals surface area contributed by atoms with Crippen LogP contribution in [0.15, 0.2) is 68.8 Å². The molecule has 1 heterocycles. The molecule has 1 amide bonds. The average Bonchev–Trinajstić information content (AvgIpc) is 2.95. The highest BCUT2D eigenvalue weighted by Crippen LogP contribution is 2.31. The van der Waals surface area contributed by atoms with Gasteiger partial charge in [0.25, 0.3) is 5.91 Å². The van der Waals surface area contributed by atoms with Crippen molar-refractivity contribution in [1.82, 2.24) is 0 Å². The van der Waals surface area contributed by atoms with E-state index in [0.29, 0.717) is 11.4 Å². The minimum atomic E-state index is -3.45. The van der Waals surface area contributed by atoms with Crippen molar-refractivity contribution in [2.75, 3.05) is 10.8 Å². The number of nitrogens with zero attached hydrogens (tertiary/aromatic N) is 4. The second kappa shape index (κ2) is 7.28. The van der Waals surface area contributed by atoms with Gasteiger partial charge in [0, 0.05) is 0 Å². The van der Waals surface area contributed by atoms with E-state index in [1.54, 1.807) is 31.2 Å². The van der Waals surface area contributed by atoms with Gasteiger partial charge in [0.15, 0.2) is 15.9 Å². The van der Waals surface area contributed by atoms with Crippen LogP contribution in [0.25, 0.3) is 0 Å². The van der Waals surface area contributed by atoms with Crippen LogP contribution in [0, 0.1) is 0 Å². The molecule has 0 bridgehead atoms. The van der Waals surface area contributed by atoms with E-state index in [0.717, 1.165) is 0 Å². The Morgan fingerprint density at radius 3 is 2.56 bits per heavy atom. The molecule has 0 fully saturated rings. The number of phenolic OH excluding ortho intramolecular Hbond substituents is 1. The van der Waals surface area contributed by atoms with Gasteiger partial charge in [-0.15, -0.1) is 0 Å². The molecule has 0 spiro atoms. The number of para-hydroxylation sites is 1. The van der Waals surface area contributed by atoms with Gasteiger partial charge in [-0.2, -0.15) is 20.3 Å². The molecule has 1 atom stereocenters. The van der Waals surface area contributed by atoms with E-state index in [4.69, 9.17) is 0 Å². The lowest BCUT2D eigenvalue weighted by Crippen LogP contribution is -2.29. The minimum absolute atomic E-state index is 0.0247. The number of hydrazone groups is 1. The first-order chi connectivity index (χ1) is 12.8. The summed E-state index contributed by atoms with van der Waals surface area (Å²) >= 11 is 0. The van der Waals surface area contributed by atoms with E-state index < -0.39 is 15.9 Å². The Morgan fingerprint density at radius 1 is 1.19 bits per heavy atom. The number of sulfone groups is 1. The number of carbonyl (C=O) groups is 1. The Morgan fingerprint density at radius 2 is 1.89 bits per heavy atom. The predicted octanol–water partition coefficient (Wildman–Crippen LogP) is 3.06. The van der Waals surface area contributed by atoms with Crippen LogP contribution in [-0.2, 0) is 14.6 Å². The smallest absolute Gasteiger partial charge is 0.280 e. The van der Waals surface area contributed by atoms with Crippen molar-refractivity contribution < 1.29 is 18.3 Å². The van der Waals surface area contributed by atoms with Gasteiger partial charge in [0.2, 0.25) is 0 Å². The molecule has 2 aromatic rings. The van der Waals surface area contributed by atoms with Crippen molar-refractivity contribution in [3.63, 3.8) is 0 Å². The molecule has 0 saturated carbocycles.